The summed E-state index contributed by atoms with van der Waals surface area (Å²) in [6.07, 6.45) is 2.57. The topological polar surface area (TPSA) is 42.4 Å². The van der Waals surface area contributed by atoms with E-state index in [-0.39, 0.29) is 12.5 Å². The highest BCUT2D eigenvalue weighted by atomic mass is 35.5. The van der Waals surface area contributed by atoms with Crippen LogP contribution in [0.4, 0.5) is 0 Å². The van der Waals surface area contributed by atoms with Crippen molar-refractivity contribution in [3.63, 3.8) is 0 Å². The van der Waals surface area contributed by atoms with Gasteiger partial charge in [-0.05, 0) is 41.8 Å². The summed E-state index contributed by atoms with van der Waals surface area (Å²) in [6.45, 7) is 1.35. The highest BCUT2D eigenvalue weighted by Crippen LogP contribution is 2.29. The van der Waals surface area contributed by atoms with Gasteiger partial charge < -0.3 is 9.64 Å². The predicted octanol–water partition coefficient (Wildman–Crippen LogP) is 3.85. The minimum absolute atomic E-state index is 0.00449. The monoisotopic (exact) mass is 352 g/mol. The van der Waals surface area contributed by atoms with E-state index in [1.807, 2.05) is 29.2 Å². The number of hydrogen-bond donors (Lipinski definition) is 0. The van der Waals surface area contributed by atoms with Crippen molar-refractivity contribution in [2.45, 2.75) is 13.0 Å². The zero-order valence-corrected chi connectivity index (χ0v) is 14.4. The third kappa shape index (κ3) is 3.17. The number of pyridine rings is 1. The van der Waals surface area contributed by atoms with Gasteiger partial charge in [0.15, 0.2) is 6.61 Å². The molecule has 4 nitrogen and oxygen atoms in total. The van der Waals surface area contributed by atoms with Crippen molar-refractivity contribution in [2.24, 2.45) is 0 Å². The van der Waals surface area contributed by atoms with E-state index in [1.54, 1.807) is 18.3 Å². The Hall–Kier alpha value is -2.59. The van der Waals surface area contributed by atoms with E-state index in [1.165, 1.54) is 11.1 Å². The van der Waals surface area contributed by atoms with Crippen molar-refractivity contribution in [3.8, 4) is 5.75 Å². The van der Waals surface area contributed by atoms with Gasteiger partial charge in [0.25, 0.3) is 5.91 Å². The lowest BCUT2D eigenvalue weighted by Gasteiger charge is -2.28. The lowest BCUT2D eigenvalue weighted by molar-refractivity contribution is -0.134. The Morgan fingerprint density at radius 1 is 1.12 bits per heavy atom. The average molecular weight is 353 g/mol. The summed E-state index contributed by atoms with van der Waals surface area (Å²) in [6, 6.07) is 15.5. The SMILES string of the molecule is O=C(COc1ccc(Cl)c2cccnc12)N1CCc2ccccc2C1. The molecule has 25 heavy (non-hydrogen) atoms. The lowest BCUT2D eigenvalue weighted by atomic mass is 10.00. The van der Waals surface area contributed by atoms with Gasteiger partial charge in [0.2, 0.25) is 0 Å². The lowest BCUT2D eigenvalue weighted by Crippen LogP contribution is -2.38. The first kappa shape index (κ1) is 15.9. The Labute approximate surface area is 151 Å². The molecule has 2 heterocycles. The number of nitrogens with zero attached hydrogens (tertiary/aromatic N) is 2. The Kier molecular flexibility index (Phi) is 4.28. The van der Waals surface area contributed by atoms with E-state index in [9.17, 15) is 4.79 Å². The van der Waals surface area contributed by atoms with Crippen molar-refractivity contribution in [1.82, 2.24) is 9.88 Å². The molecule has 1 aliphatic heterocycles. The molecule has 0 fully saturated rings. The molecule has 5 heteroatoms. The Morgan fingerprint density at radius 2 is 1.96 bits per heavy atom. The van der Waals surface area contributed by atoms with Crippen molar-refractivity contribution in [2.75, 3.05) is 13.2 Å². The second kappa shape index (κ2) is 6.73. The second-order valence-corrected chi connectivity index (χ2v) is 6.47. The fourth-order valence-electron chi connectivity index (χ4n) is 3.17. The number of carbonyl (C=O) groups is 1. The van der Waals surface area contributed by atoms with Gasteiger partial charge in [0.1, 0.15) is 11.3 Å². The van der Waals surface area contributed by atoms with Gasteiger partial charge in [0.05, 0.1) is 5.02 Å². The normalized spacial score (nSPS) is 13.6. The number of aromatic nitrogens is 1. The quantitative estimate of drug-likeness (QED) is 0.719. The molecule has 0 spiro atoms. The number of rotatable bonds is 3. The van der Waals surface area contributed by atoms with Crippen LogP contribution in [0.25, 0.3) is 10.9 Å². The number of hydrogen-bond acceptors (Lipinski definition) is 3. The van der Waals surface area contributed by atoms with Crippen molar-refractivity contribution < 1.29 is 9.53 Å². The van der Waals surface area contributed by atoms with Crippen LogP contribution in [0.15, 0.2) is 54.7 Å². The van der Waals surface area contributed by atoms with E-state index >= 15 is 0 Å². The van der Waals surface area contributed by atoms with Crippen LogP contribution in [-0.4, -0.2) is 28.9 Å². The maximum absolute atomic E-state index is 12.5. The third-order valence-electron chi connectivity index (χ3n) is 4.51. The standard InChI is InChI=1S/C20H17ClN2O2/c21-17-7-8-18(20-16(17)6-3-10-22-20)25-13-19(24)23-11-9-14-4-1-2-5-15(14)12-23/h1-8,10H,9,11-13H2. The molecule has 0 saturated carbocycles. The minimum atomic E-state index is -0.0199. The van der Waals surface area contributed by atoms with Crippen LogP contribution in [0.5, 0.6) is 5.75 Å². The van der Waals surface area contributed by atoms with Gasteiger partial charge in [-0.2, -0.15) is 0 Å². The first-order valence-electron chi connectivity index (χ1n) is 8.23. The molecule has 1 aliphatic rings. The first-order valence-corrected chi connectivity index (χ1v) is 8.61. The van der Waals surface area contributed by atoms with Gasteiger partial charge in [-0.15, -0.1) is 0 Å². The summed E-state index contributed by atoms with van der Waals surface area (Å²) in [7, 11) is 0. The van der Waals surface area contributed by atoms with E-state index < -0.39 is 0 Å². The van der Waals surface area contributed by atoms with Crippen LogP contribution in [-0.2, 0) is 17.8 Å². The zero-order chi connectivity index (χ0) is 17.2. The molecule has 1 amide bonds. The smallest absolute Gasteiger partial charge is 0.260 e. The van der Waals surface area contributed by atoms with Crippen molar-refractivity contribution in [3.05, 3.63) is 70.9 Å². The summed E-state index contributed by atoms with van der Waals surface area (Å²) in [5.41, 5.74) is 3.20. The van der Waals surface area contributed by atoms with E-state index in [4.69, 9.17) is 16.3 Å². The van der Waals surface area contributed by atoms with Gasteiger partial charge in [-0.1, -0.05) is 35.9 Å². The number of carbonyl (C=O) groups excluding carboxylic acids is 1. The van der Waals surface area contributed by atoms with E-state index in [0.717, 1.165) is 18.4 Å². The number of benzene rings is 2. The summed E-state index contributed by atoms with van der Waals surface area (Å²) < 4.78 is 5.76. The highest BCUT2D eigenvalue weighted by Gasteiger charge is 2.21. The second-order valence-electron chi connectivity index (χ2n) is 6.07. The molecular weight excluding hydrogens is 336 g/mol. The number of fused-ring (bicyclic) bond motifs is 2. The molecule has 0 saturated heterocycles. The molecule has 0 atom stereocenters. The van der Waals surface area contributed by atoms with E-state index in [2.05, 4.69) is 17.1 Å². The molecule has 3 aromatic rings. The van der Waals surface area contributed by atoms with Gasteiger partial charge in [-0.3, -0.25) is 9.78 Å². The third-order valence-corrected chi connectivity index (χ3v) is 4.84. The van der Waals surface area contributed by atoms with Gasteiger partial charge >= 0.3 is 0 Å². The molecule has 4 rings (SSSR count). The predicted molar refractivity (Wildman–Crippen MR) is 97.8 cm³/mol. The summed E-state index contributed by atoms with van der Waals surface area (Å²) in [5.74, 6) is 0.555. The van der Waals surface area contributed by atoms with Crippen LogP contribution in [0, 0.1) is 0 Å². The van der Waals surface area contributed by atoms with Crippen molar-refractivity contribution in [1.29, 1.82) is 0 Å². The van der Waals surface area contributed by atoms with Gasteiger partial charge in [-0.25, -0.2) is 0 Å². The van der Waals surface area contributed by atoms with Crippen LogP contribution in [0.3, 0.4) is 0 Å². The Bertz CT molecular complexity index is 942. The molecule has 0 aliphatic carbocycles. The van der Waals surface area contributed by atoms with Gasteiger partial charge in [0, 0.05) is 24.7 Å². The molecule has 0 N–H and O–H groups in total. The van der Waals surface area contributed by atoms with Crippen LogP contribution >= 0.6 is 11.6 Å². The molecule has 1 aromatic heterocycles. The Balaban J connectivity index is 1.47. The molecule has 126 valence electrons. The number of ether oxygens (including phenoxy) is 1. The van der Waals surface area contributed by atoms with E-state index in [0.29, 0.717) is 22.8 Å². The minimum Gasteiger partial charge on any atom is -0.481 e. The molecular formula is C20H17ClN2O2. The Morgan fingerprint density at radius 3 is 2.84 bits per heavy atom. The van der Waals surface area contributed by atoms with Crippen LogP contribution in [0.2, 0.25) is 5.02 Å². The fraction of sp³-hybridized carbons (Fsp3) is 0.200. The fourth-order valence-corrected chi connectivity index (χ4v) is 3.38. The molecule has 0 unspecified atom stereocenters. The average Bonchev–Trinajstić information content (AvgIpc) is 2.67. The molecule has 0 bridgehead atoms. The summed E-state index contributed by atoms with van der Waals surface area (Å²) >= 11 is 6.19. The van der Waals surface area contributed by atoms with Crippen LogP contribution < -0.4 is 4.74 Å². The molecule has 0 radical (unpaired) electrons. The largest absolute Gasteiger partial charge is 0.481 e. The van der Waals surface area contributed by atoms with Crippen LogP contribution in [0.1, 0.15) is 11.1 Å². The summed E-state index contributed by atoms with van der Waals surface area (Å²) in [5, 5.41) is 1.44. The zero-order valence-electron chi connectivity index (χ0n) is 13.6. The highest BCUT2D eigenvalue weighted by molar-refractivity contribution is 6.35. The number of halogens is 1. The number of amides is 1. The maximum atomic E-state index is 12.5. The first-order chi connectivity index (χ1) is 12.2. The van der Waals surface area contributed by atoms with Crippen molar-refractivity contribution >= 4 is 28.4 Å². The maximum Gasteiger partial charge on any atom is 0.260 e. The summed E-state index contributed by atoms with van der Waals surface area (Å²) in [4.78, 5) is 18.7. The molecule has 2 aromatic carbocycles.